The molecule has 1 amide bonds. The van der Waals surface area contributed by atoms with Crippen molar-refractivity contribution in [3.63, 3.8) is 0 Å². The summed E-state index contributed by atoms with van der Waals surface area (Å²) in [5.41, 5.74) is 1.78. The lowest BCUT2D eigenvalue weighted by atomic mass is 10.1. The summed E-state index contributed by atoms with van der Waals surface area (Å²) in [5, 5.41) is 0. The van der Waals surface area contributed by atoms with Crippen molar-refractivity contribution >= 4 is 11.6 Å². The molecule has 132 valence electrons. The van der Waals surface area contributed by atoms with Crippen molar-refractivity contribution < 1.29 is 18.0 Å². The van der Waals surface area contributed by atoms with Crippen LogP contribution in [0.3, 0.4) is 0 Å². The zero-order valence-electron chi connectivity index (χ0n) is 13.9. The van der Waals surface area contributed by atoms with Crippen LogP contribution in [0.25, 0.3) is 0 Å². The van der Waals surface area contributed by atoms with Crippen molar-refractivity contribution in [3.8, 4) is 0 Å². The first-order chi connectivity index (χ1) is 11.8. The number of carbonyl (C=O) groups excluding carboxylic acids is 1. The Kier molecular flexibility index (Phi) is 4.70. The Labute approximate surface area is 144 Å². The molecule has 0 aliphatic carbocycles. The summed E-state index contributed by atoms with van der Waals surface area (Å²) in [7, 11) is 1.97. The summed E-state index contributed by atoms with van der Waals surface area (Å²) in [6.07, 6.45) is -4.43. The average Bonchev–Trinajstić information content (AvgIpc) is 2.74. The number of carbonyl (C=O) groups is 1. The zero-order valence-corrected chi connectivity index (χ0v) is 13.9. The Hall–Kier alpha value is -2.50. The van der Waals surface area contributed by atoms with E-state index >= 15 is 0 Å². The number of anilines is 1. The summed E-state index contributed by atoms with van der Waals surface area (Å²) >= 11 is 0. The lowest BCUT2D eigenvalue weighted by Gasteiger charge is -2.21. The number of halogens is 3. The van der Waals surface area contributed by atoms with E-state index in [4.69, 9.17) is 0 Å². The summed E-state index contributed by atoms with van der Waals surface area (Å²) in [6.45, 7) is 1.70. The lowest BCUT2D eigenvalue weighted by Crippen LogP contribution is -2.35. The molecule has 0 radical (unpaired) electrons. The third-order valence-corrected chi connectivity index (χ3v) is 4.43. The molecule has 0 bridgehead atoms. The van der Waals surface area contributed by atoms with Crippen LogP contribution in [-0.4, -0.2) is 30.9 Å². The Balaban J connectivity index is 1.76. The minimum atomic E-state index is -4.40. The SMILES string of the molecule is CN1CCN(C(=O)Cc2cccc(C(F)(F)F)c2)Cc2ccccc21. The van der Waals surface area contributed by atoms with Gasteiger partial charge in [-0.2, -0.15) is 13.2 Å². The second kappa shape index (κ2) is 6.78. The lowest BCUT2D eigenvalue weighted by molar-refractivity contribution is -0.138. The second-order valence-electron chi connectivity index (χ2n) is 6.24. The number of hydrogen-bond acceptors (Lipinski definition) is 2. The first-order valence-corrected chi connectivity index (χ1v) is 8.07. The Morgan fingerprint density at radius 2 is 1.84 bits per heavy atom. The molecule has 2 aromatic carbocycles. The third-order valence-electron chi connectivity index (χ3n) is 4.43. The van der Waals surface area contributed by atoms with Crippen molar-refractivity contribution in [2.75, 3.05) is 25.0 Å². The van der Waals surface area contributed by atoms with Crippen LogP contribution < -0.4 is 4.90 Å². The fourth-order valence-electron chi connectivity index (χ4n) is 3.05. The first kappa shape index (κ1) is 17.3. The topological polar surface area (TPSA) is 23.6 Å². The van der Waals surface area contributed by atoms with Crippen LogP contribution >= 0.6 is 0 Å². The molecule has 2 aromatic rings. The molecule has 1 aliphatic rings. The van der Waals surface area contributed by atoms with Gasteiger partial charge in [-0.05, 0) is 23.3 Å². The van der Waals surface area contributed by atoms with Gasteiger partial charge in [0.25, 0.3) is 0 Å². The normalized spacial score (nSPS) is 14.9. The van der Waals surface area contributed by atoms with E-state index in [9.17, 15) is 18.0 Å². The smallest absolute Gasteiger partial charge is 0.373 e. The second-order valence-corrected chi connectivity index (χ2v) is 6.24. The van der Waals surface area contributed by atoms with Crippen molar-refractivity contribution in [2.24, 2.45) is 0 Å². The van der Waals surface area contributed by atoms with E-state index in [0.29, 0.717) is 25.2 Å². The highest BCUT2D eigenvalue weighted by Crippen LogP contribution is 2.30. The molecule has 1 heterocycles. The van der Waals surface area contributed by atoms with Crippen LogP contribution in [0, 0.1) is 0 Å². The van der Waals surface area contributed by atoms with Gasteiger partial charge in [-0.15, -0.1) is 0 Å². The number of rotatable bonds is 2. The molecule has 1 aliphatic heterocycles. The molecule has 0 aromatic heterocycles. The maximum Gasteiger partial charge on any atom is 0.416 e. The van der Waals surface area contributed by atoms with Gasteiger partial charge >= 0.3 is 6.18 Å². The fourth-order valence-corrected chi connectivity index (χ4v) is 3.05. The molecule has 6 heteroatoms. The maximum absolute atomic E-state index is 12.8. The molecule has 0 N–H and O–H groups in total. The van der Waals surface area contributed by atoms with Gasteiger partial charge in [0, 0.05) is 32.4 Å². The molecular weight excluding hydrogens is 329 g/mol. The van der Waals surface area contributed by atoms with E-state index in [-0.39, 0.29) is 12.3 Å². The highest BCUT2D eigenvalue weighted by Gasteiger charge is 2.30. The Morgan fingerprint density at radius 3 is 2.60 bits per heavy atom. The van der Waals surface area contributed by atoms with Crippen LogP contribution in [0.5, 0.6) is 0 Å². The highest BCUT2D eigenvalue weighted by atomic mass is 19.4. The number of alkyl halides is 3. The Morgan fingerprint density at radius 1 is 1.08 bits per heavy atom. The molecule has 0 fully saturated rings. The summed E-state index contributed by atoms with van der Waals surface area (Å²) in [6, 6.07) is 12.8. The predicted octanol–water partition coefficient (Wildman–Crippen LogP) is 3.73. The molecule has 3 rings (SSSR count). The maximum atomic E-state index is 12.8. The van der Waals surface area contributed by atoms with Gasteiger partial charge in [-0.25, -0.2) is 0 Å². The monoisotopic (exact) mass is 348 g/mol. The number of benzene rings is 2. The molecular formula is C19H19F3N2O. The van der Waals surface area contributed by atoms with E-state index in [1.54, 1.807) is 11.0 Å². The minimum absolute atomic E-state index is 0.0319. The van der Waals surface area contributed by atoms with Gasteiger partial charge < -0.3 is 9.80 Å². The predicted molar refractivity (Wildman–Crippen MR) is 90.3 cm³/mol. The highest BCUT2D eigenvalue weighted by molar-refractivity contribution is 5.79. The number of amides is 1. The van der Waals surface area contributed by atoms with Crippen LogP contribution in [-0.2, 0) is 23.9 Å². The molecule has 0 saturated carbocycles. The summed E-state index contributed by atoms with van der Waals surface area (Å²) < 4.78 is 38.5. The zero-order chi connectivity index (χ0) is 18.0. The van der Waals surface area contributed by atoms with Crippen LogP contribution in [0.4, 0.5) is 18.9 Å². The van der Waals surface area contributed by atoms with Crippen molar-refractivity contribution in [1.82, 2.24) is 4.90 Å². The summed E-state index contributed by atoms with van der Waals surface area (Å²) in [5.74, 6) is -0.163. The number of nitrogens with zero attached hydrogens (tertiary/aromatic N) is 2. The summed E-state index contributed by atoms with van der Waals surface area (Å²) in [4.78, 5) is 16.4. The van der Waals surface area contributed by atoms with Gasteiger partial charge in [0.2, 0.25) is 5.91 Å². The fraction of sp³-hybridized carbons (Fsp3) is 0.316. The first-order valence-electron chi connectivity index (χ1n) is 8.07. The molecule has 0 atom stereocenters. The van der Waals surface area contributed by atoms with E-state index in [2.05, 4.69) is 4.90 Å². The third kappa shape index (κ3) is 3.95. The van der Waals surface area contributed by atoms with Crippen molar-refractivity contribution in [1.29, 1.82) is 0 Å². The standard InChI is InChI=1S/C19H19F3N2O/c1-23-9-10-24(13-15-6-2-3-8-17(15)23)18(25)12-14-5-4-7-16(11-14)19(20,21)22/h2-8,11H,9-10,12-13H2,1H3. The van der Waals surface area contributed by atoms with Crippen LogP contribution in [0.1, 0.15) is 16.7 Å². The molecule has 25 heavy (non-hydrogen) atoms. The molecule has 0 unspecified atom stereocenters. The van der Waals surface area contributed by atoms with E-state index in [1.807, 2.05) is 31.3 Å². The largest absolute Gasteiger partial charge is 0.416 e. The van der Waals surface area contributed by atoms with Gasteiger partial charge in [0.05, 0.1) is 12.0 Å². The van der Waals surface area contributed by atoms with Crippen LogP contribution in [0.2, 0.25) is 0 Å². The van der Waals surface area contributed by atoms with E-state index < -0.39 is 11.7 Å². The number of para-hydroxylation sites is 1. The number of likely N-dealkylation sites (N-methyl/N-ethyl adjacent to an activating group) is 1. The van der Waals surface area contributed by atoms with Gasteiger partial charge in [-0.1, -0.05) is 36.4 Å². The van der Waals surface area contributed by atoms with Gasteiger partial charge in [0.1, 0.15) is 0 Å². The Bertz CT molecular complexity index is 773. The van der Waals surface area contributed by atoms with Crippen molar-refractivity contribution in [3.05, 3.63) is 65.2 Å². The van der Waals surface area contributed by atoms with Gasteiger partial charge in [0.15, 0.2) is 0 Å². The number of hydrogen-bond donors (Lipinski definition) is 0. The number of fused-ring (bicyclic) bond motifs is 1. The molecule has 3 nitrogen and oxygen atoms in total. The van der Waals surface area contributed by atoms with Gasteiger partial charge in [-0.3, -0.25) is 4.79 Å². The minimum Gasteiger partial charge on any atom is -0.373 e. The van der Waals surface area contributed by atoms with E-state index in [0.717, 1.165) is 23.4 Å². The quantitative estimate of drug-likeness (QED) is 0.826. The molecule has 0 saturated heterocycles. The average molecular weight is 348 g/mol. The van der Waals surface area contributed by atoms with Crippen LogP contribution in [0.15, 0.2) is 48.5 Å². The van der Waals surface area contributed by atoms with Crippen molar-refractivity contribution in [2.45, 2.75) is 19.1 Å². The van der Waals surface area contributed by atoms with E-state index in [1.165, 1.54) is 6.07 Å². The molecule has 0 spiro atoms.